The molecule has 0 bridgehead atoms. The lowest BCUT2D eigenvalue weighted by Crippen LogP contribution is -2.54. The monoisotopic (exact) mass is 336 g/mol. The third-order valence-corrected chi connectivity index (χ3v) is 5.21. The van der Waals surface area contributed by atoms with Crippen LogP contribution in [0.1, 0.15) is 47.4 Å². The predicted octanol–water partition coefficient (Wildman–Crippen LogP) is 3.01. The average molecular weight is 336 g/mol. The minimum absolute atomic E-state index is 0.0410. The lowest BCUT2D eigenvalue weighted by atomic mass is 10.1. The Hall–Kier alpha value is -2.43. The van der Waals surface area contributed by atoms with Gasteiger partial charge in [0.1, 0.15) is 5.82 Å². The summed E-state index contributed by atoms with van der Waals surface area (Å²) in [6, 6.07) is 8.58. The number of aromatic nitrogens is 2. The highest BCUT2D eigenvalue weighted by Crippen LogP contribution is 2.37. The Labute approximate surface area is 148 Å². The smallest absolute Gasteiger partial charge is 0.257 e. The van der Waals surface area contributed by atoms with Crippen molar-refractivity contribution in [1.82, 2.24) is 14.9 Å². The summed E-state index contributed by atoms with van der Waals surface area (Å²) in [5.41, 5.74) is 3.14. The van der Waals surface area contributed by atoms with Gasteiger partial charge in [-0.25, -0.2) is 9.97 Å². The van der Waals surface area contributed by atoms with E-state index in [4.69, 9.17) is 0 Å². The molecule has 25 heavy (non-hydrogen) atoms. The maximum atomic E-state index is 12.8. The first-order chi connectivity index (χ1) is 12.1. The van der Waals surface area contributed by atoms with Crippen molar-refractivity contribution in [1.29, 1.82) is 0 Å². The second-order valence-corrected chi connectivity index (χ2v) is 7.18. The Bertz CT molecular complexity index is 770. The summed E-state index contributed by atoms with van der Waals surface area (Å²) in [6.07, 6.45) is 5.74. The molecule has 4 rings (SSSR count). The van der Waals surface area contributed by atoms with Crippen molar-refractivity contribution in [3.63, 3.8) is 0 Å². The number of hydrogen-bond acceptors (Lipinski definition) is 4. The maximum absolute atomic E-state index is 12.8. The van der Waals surface area contributed by atoms with E-state index in [1.165, 1.54) is 24.1 Å². The normalized spacial score (nSPS) is 20.6. The molecule has 0 radical (unpaired) electrons. The van der Waals surface area contributed by atoms with Crippen LogP contribution < -0.4 is 4.90 Å². The molecular weight excluding hydrogens is 312 g/mol. The van der Waals surface area contributed by atoms with Gasteiger partial charge in [0.05, 0.1) is 5.56 Å². The summed E-state index contributed by atoms with van der Waals surface area (Å²) < 4.78 is 0. The van der Waals surface area contributed by atoms with E-state index in [1.807, 2.05) is 4.90 Å². The van der Waals surface area contributed by atoms with E-state index in [-0.39, 0.29) is 11.9 Å². The SMILES string of the molecule is Cc1ccccc1N1CCN(C(=O)c2cnc(C3CC3)nc2)C(C)C1. The molecule has 1 unspecified atom stereocenters. The fourth-order valence-corrected chi connectivity index (χ4v) is 3.56. The van der Waals surface area contributed by atoms with Crippen LogP contribution in [0.5, 0.6) is 0 Å². The fourth-order valence-electron chi connectivity index (χ4n) is 3.56. The molecule has 2 heterocycles. The third-order valence-electron chi connectivity index (χ3n) is 5.21. The molecule has 1 aromatic heterocycles. The van der Waals surface area contributed by atoms with Crippen LogP contribution >= 0.6 is 0 Å². The van der Waals surface area contributed by atoms with Crippen LogP contribution in [0, 0.1) is 6.92 Å². The Kier molecular flexibility index (Phi) is 4.15. The highest BCUT2D eigenvalue weighted by atomic mass is 16.2. The van der Waals surface area contributed by atoms with Gasteiger partial charge in [-0.05, 0) is 38.3 Å². The number of aryl methyl sites for hydroxylation is 1. The van der Waals surface area contributed by atoms with Crippen molar-refractivity contribution in [3.8, 4) is 0 Å². The standard InChI is InChI=1S/C20H24N4O/c1-14-5-3-4-6-18(14)23-9-10-24(15(2)13-23)20(25)17-11-21-19(22-12-17)16-7-8-16/h3-6,11-12,15-16H,7-10,13H2,1-2H3. The van der Waals surface area contributed by atoms with Crippen molar-refractivity contribution in [2.24, 2.45) is 0 Å². The van der Waals surface area contributed by atoms with Crippen LogP contribution in [-0.4, -0.2) is 46.5 Å². The molecule has 1 saturated carbocycles. The Morgan fingerprint density at radius 1 is 1.12 bits per heavy atom. The molecule has 130 valence electrons. The average Bonchev–Trinajstić information content (AvgIpc) is 3.47. The molecule has 5 nitrogen and oxygen atoms in total. The van der Waals surface area contributed by atoms with Crippen LogP contribution in [0.4, 0.5) is 5.69 Å². The lowest BCUT2D eigenvalue weighted by molar-refractivity contribution is 0.0673. The fraction of sp³-hybridized carbons (Fsp3) is 0.450. The van der Waals surface area contributed by atoms with Gasteiger partial charge >= 0.3 is 0 Å². The van der Waals surface area contributed by atoms with E-state index < -0.39 is 0 Å². The second-order valence-electron chi connectivity index (χ2n) is 7.18. The van der Waals surface area contributed by atoms with E-state index >= 15 is 0 Å². The molecule has 1 aliphatic carbocycles. The zero-order chi connectivity index (χ0) is 17.4. The summed E-state index contributed by atoms with van der Waals surface area (Å²) in [4.78, 5) is 25.9. The highest BCUT2D eigenvalue weighted by Gasteiger charge is 2.30. The zero-order valence-electron chi connectivity index (χ0n) is 14.9. The van der Waals surface area contributed by atoms with E-state index in [2.05, 4.69) is 53.0 Å². The first kappa shape index (κ1) is 16.1. The number of nitrogens with zero attached hydrogens (tertiary/aromatic N) is 4. The van der Waals surface area contributed by atoms with Gasteiger partial charge in [0.25, 0.3) is 5.91 Å². The zero-order valence-corrected chi connectivity index (χ0v) is 14.9. The maximum Gasteiger partial charge on any atom is 0.257 e. The minimum atomic E-state index is 0.0410. The molecule has 1 atom stereocenters. The van der Waals surface area contributed by atoms with Crippen molar-refractivity contribution in [2.75, 3.05) is 24.5 Å². The Morgan fingerprint density at radius 3 is 2.48 bits per heavy atom. The summed E-state index contributed by atoms with van der Waals surface area (Å²) in [5, 5.41) is 0. The van der Waals surface area contributed by atoms with Gasteiger partial charge in [0, 0.05) is 49.7 Å². The van der Waals surface area contributed by atoms with E-state index in [9.17, 15) is 4.79 Å². The predicted molar refractivity (Wildman–Crippen MR) is 97.9 cm³/mol. The first-order valence-electron chi connectivity index (χ1n) is 9.07. The van der Waals surface area contributed by atoms with Crippen LogP contribution in [0.2, 0.25) is 0 Å². The number of carbonyl (C=O) groups excluding carboxylic acids is 1. The minimum Gasteiger partial charge on any atom is -0.367 e. The topological polar surface area (TPSA) is 49.3 Å². The molecule has 2 aliphatic rings. The molecule has 1 aliphatic heterocycles. The van der Waals surface area contributed by atoms with Gasteiger partial charge in [0.2, 0.25) is 0 Å². The third kappa shape index (κ3) is 3.23. The van der Waals surface area contributed by atoms with Crippen molar-refractivity contribution in [2.45, 2.75) is 38.6 Å². The van der Waals surface area contributed by atoms with Gasteiger partial charge in [-0.2, -0.15) is 0 Å². The Morgan fingerprint density at radius 2 is 1.84 bits per heavy atom. The first-order valence-corrected chi connectivity index (χ1v) is 9.07. The number of rotatable bonds is 3. The van der Waals surface area contributed by atoms with E-state index in [1.54, 1.807) is 12.4 Å². The van der Waals surface area contributed by atoms with E-state index in [0.717, 1.165) is 25.5 Å². The summed E-state index contributed by atoms with van der Waals surface area (Å²) in [7, 11) is 0. The van der Waals surface area contributed by atoms with Gasteiger partial charge in [-0.3, -0.25) is 4.79 Å². The lowest BCUT2D eigenvalue weighted by Gasteiger charge is -2.41. The van der Waals surface area contributed by atoms with Crippen LogP contribution in [-0.2, 0) is 0 Å². The second kappa shape index (κ2) is 6.47. The number of piperazine rings is 1. The van der Waals surface area contributed by atoms with Crippen molar-refractivity contribution in [3.05, 3.63) is 53.6 Å². The van der Waals surface area contributed by atoms with Crippen LogP contribution in [0.25, 0.3) is 0 Å². The molecule has 2 aromatic rings. The van der Waals surface area contributed by atoms with Gasteiger partial charge in [-0.1, -0.05) is 18.2 Å². The molecule has 1 amide bonds. The number of benzene rings is 1. The van der Waals surface area contributed by atoms with Crippen LogP contribution in [0.3, 0.4) is 0 Å². The number of anilines is 1. The number of para-hydroxylation sites is 1. The van der Waals surface area contributed by atoms with Crippen molar-refractivity contribution < 1.29 is 4.79 Å². The van der Waals surface area contributed by atoms with Gasteiger partial charge < -0.3 is 9.80 Å². The molecule has 0 spiro atoms. The number of amides is 1. The van der Waals surface area contributed by atoms with Crippen molar-refractivity contribution >= 4 is 11.6 Å². The number of hydrogen-bond donors (Lipinski definition) is 0. The molecule has 5 heteroatoms. The molecule has 1 saturated heterocycles. The Balaban J connectivity index is 1.45. The van der Waals surface area contributed by atoms with E-state index in [0.29, 0.717) is 11.5 Å². The quantitative estimate of drug-likeness (QED) is 0.864. The van der Waals surface area contributed by atoms with Crippen LogP contribution in [0.15, 0.2) is 36.7 Å². The van der Waals surface area contributed by atoms with Gasteiger partial charge in [0.15, 0.2) is 0 Å². The molecule has 1 aromatic carbocycles. The van der Waals surface area contributed by atoms with Gasteiger partial charge in [-0.15, -0.1) is 0 Å². The highest BCUT2D eigenvalue weighted by molar-refractivity contribution is 5.94. The molecule has 0 N–H and O–H groups in total. The molecular formula is C20H24N4O. The number of carbonyl (C=O) groups is 1. The summed E-state index contributed by atoms with van der Waals surface area (Å²) >= 11 is 0. The summed E-state index contributed by atoms with van der Waals surface area (Å²) in [6.45, 7) is 6.66. The molecule has 2 fully saturated rings. The largest absolute Gasteiger partial charge is 0.367 e. The summed E-state index contributed by atoms with van der Waals surface area (Å²) in [5.74, 6) is 1.44.